The van der Waals surface area contributed by atoms with Gasteiger partial charge in [-0.3, -0.25) is 0 Å². The fraction of sp³-hybridized carbons (Fsp3) is 0.571. The maximum absolute atomic E-state index is 6.30. The van der Waals surface area contributed by atoms with Crippen molar-refractivity contribution in [3.63, 3.8) is 0 Å². The van der Waals surface area contributed by atoms with Crippen LogP contribution >= 0.6 is 23.4 Å². The number of hydrogen-bond donors (Lipinski definition) is 0. The van der Waals surface area contributed by atoms with Crippen molar-refractivity contribution >= 4 is 23.4 Å². The third kappa shape index (κ3) is 4.17. The summed E-state index contributed by atoms with van der Waals surface area (Å²) in [4.78, 5) is 0. The molecule has 0 bridgehead atoms. The van der Waals surface area contributed by atoms with Crippen LogP contribution in [-0.4, -0.2) is 11.0 Å². The van der Waals surface area contributed by atoms with Gasteiger partial charge < -0.3 is 0 Å². The van der Waals surface area contributed by atoms with Gasteiger partial charge in [-0.2, -0.15) is 0 Å². The van der Waals surface area contributed by atoms with E-state index in [9.17, 15) is 0 Å². The molecule has 0 saturated heterocycles. The SMILES string of the molecule is Clc1ccccc1CN(Cl)CC1CCCCC1. The van der Waals surface area contributed by atoms with E-state index in [-0.39, 0.29) is 0 Å². The maximum atomic E-state index is 6.30. The van der Waals surface area contributed by atoms with Crippen LogP contribution < -0.4 is 0 Å². The summed E-state index contributed by atoms with van der Waals surface area (Å²) >= 11 is 12.4. The molecule has 0 radical (unpaired) electrons. The van der Waals surface area contributed by atoms with Gasteiger partial charge in [-0.05, 0) is 42.2 Å². The van der Waals surface area contributed by atoms with Crippen molar-refractivity contribution in [3.05, 3.63) is 34.9 Å². The van der Waals surface area contributed by atoms with Gasteiger partial charge in [0.05, 0.1) is 0 Å². The Bertz CT molecular complexity index is 348. The second-order valence-electron chi connectivity index (χ2n) is 4.90. The highest BCUT2D eigenvalue weighted by molar-refractivity contribution is 6.31. The molecule has 1 aliphatic carbocycles. The zero-order valence-electron chi connectivity index (χ0n) is 10.0. The lowest BCUT2D eigenvalue weighted by atomic mass is 9.89. The number of benzene rings is 1. The molecule has 94 valence electrons. The van der Waals surface area contributed by atoms with E-state index >= 15 is 0 Å². The summed E-state index contributed by atoms with van der Waals surface area (Å²) in [7, 11) is 0. The van der Waals surface area contributed by atoms with Crippen molar-refractivity contribution in [3.8, 4) is 0 Å². The average molecular weight is 272 g/mol. The minimum absolute atomic E-state index is 0.734. The molecule has 1 fully saturated rings. The second kappa shape index (κ2) is 6.63. The normalized spacial score (nSPS) is 17.6. The largest absolute Gasteiger partial charge is 0.215 e. The summed E-state index contributed by atoms with van der Waals surface area (Å²) in [5.41, 5.74) is 1.11. The monoisotopic (exact) mass is 271 g/mol. The first-order valence-electron chi connectivity index (χ1n) is 6.40. The van der Waals surface area contributed by atoms with Gasteiger partial charge in [0.2, 0.25) is 0 Å². The quantitative estimate of drug-likeness (QED) is 0.706. The molecular formula is C14H19Cl2N. The van der Waals surface area contributed by atoms with Crippen molar-refractivity contribution in [2.75, 3.05) is 6.54 Å². The van der Waals surface area contributed by atoms with Crippen LogP contribution in [-0.2, 0) is 6.54 Å². The Morgan fingerprint density at radius 3 is 2.53 bits per heavy atom. The molecule has 0 unspecified atom stereocenters. The van der Waals surface area contributed by atoms with Gasteiger partial charge in [0, 0.05) is 18.1 Å². The highest BCUT2D eigenvalue weighted by atomic mass is 35.5. The van der Waals surface area contributed by atoms with E-state index in [1.165, 1.54) is 32.1 Å². The summed E-state index contributed by atoms with van der Waals surface area (Å²) in [5, 5.41) is 0.807. The summed E-state index contributed by atoms with van der Waals surface area (Å²) in [5.74, 6) is 0.767. The van der Waals surface area contributed by atoms with Crippen LogP contribution in [0.5, 0.6) is 0 Å². The fourth-order valence-corrected chi connectivity index (χ4v) is 3.05. The van der Waals surface area contributed by atoms with Gasteiger partial charge in [0.25, 0.3) is 0 Å². The zero-order valence-corrected chi connectivity index (χ0v) is 11.6. The lowest BCUT2D eigenvalue weighted by Crippen LogP contribution is -2.22. The minimum atomic E-state index is 0.734. The van der Waals surface area contributed by atoms with Crippen LogP contribution in [0.3, 0.4) is 0 Å². The molecule has 1 saturated carbocycles. The first-order chi connectivity index (χ1) is 8.25. The molecule has 1 aromatic rings. The molecular weight excluding hydrogens is 253 g/mol. The van der Waals surface area contributed by atoms with Crippen LogP contribution in [0.2, 0.25) is 5.02 Å². The Balaban J connectivity index is 1.84. The smallest absolute Gasteiger partial charge is 0.0451 e. The van der Waals surface area contributed by atoms with Crippen molar-refractivity contribution in [1.29, 1.82) is 0 Å². The van der Waals surface area contributed by atoms with Crippen LogP contribution in [0.15, 0.2) is 24.3 Å². The van der Waals surface area contributed by atoms with E-state index < -0.39 is 0 Å². The molecule has 0 aromatic heterocycles. The molecule has 0 amide bonds. The zero-order chi connectivity index (χ0) is 12.1. The van der Waals surface area contributed by atoms with E-state index in [1.54, 1.807) is 0 Å². The number of hydrogen-bond acceptors (Lipinski definition) is 1. The fourth-order valence-electron chi connectivity index (χ4n) is 2.53. The van der Waals surface area contributed by atoms with Crippen molar-refractivity contribution in [2.24, 2.45) is 5.92 Å². The average Bonchev–Trinajstić information content (AvgIpc) is 2.33. The minimum Gasteiger partial charge on any atom is -0.215 e. The molecule has 1 aromatic carbocycles. The number of nitrogens with zero attached hydrogens (tertiary/aromatic N) is 1. The van der Waals surface area contributed by atoms with Crippen molar-refractivity contribution in [1.82, 2.24) is 4.42 Å². The third-order valence-corrected chi connectivity index (χ3v) is 4.11. The summed E-state index contributed by atoms with van der Waals surface area (Å²) < 4.78 is 1.89. The Morgan fingerprint density at radius 1 is 1.12 bits per heavy atom. The van der Waals surface area contributed by atoms with Crippen LogP contribution in [0.25, 0.3) is 0 Å². The highest BCUT2D eigenvalue weighted by Gasteiger charge is 2.16. The van der Waals surface area contributed by atoms with Gasteiger partial charge in [0.1, 0.15) is 0 Å². The Labute approximate surface area is 114 Å². The number of rotatable bonds is 4. The van der Waals surface area contributed by atoms with Crippen molar-refractivity contribution in [2.45, 2.75) is 38.6 Å². The lowest BCUT2D eigenvalue weighted by Gasteiger charge is -2.25. The predicted molar refractivity (Wildman–Crippen MR) is 74.3 cm³/mol. The Kier molecular flexibility index (Phi) is 5.15. The standard InChI is InChI=1S/C14H19Cl2N/c15-14-9-5-4-8-13(14)11-17(16)10-12-6-2-1-3-7-12/h4-5,8-9,12H,1-3,6-7,10-11H2. The highest BCUT2D eigenvalue weighted by Crippen LogP contribution is 2.26. The summed E-state index contributed by atoms with van der Waals surface area (Å²) in [6.45, 7) is 1.71. The maximum Gasteiger partial charge on any atom is 0.0451 e. The molecule has 1 nitrogen and oxygen atoms in total. The van der Waals surface area contributed by atoms with Gasteiger partial charge in [0.15, 0.2) is 0 Å². The third-order valence-electron chi connectivity index (χ3n) is 3.48. The first kappa shape index (κ1) is 13.2. The molecule has 0 N–H and O–H groups in total. The van der Waals surface area contributed by atoms with Crippen LogP contribution in [0.1, 0.15) is 37.7 Å². The molecule has 2 rings (SSSR count). The first-order valence-corrected chi connectivity index (χ1v) is 7.11. The molecule has 0 heterocycles. The molecule has 17 heavy (non-hydrogen) atoms. The van der Waals surface area contributed by atoms with E-state index in [0.717, 1.165) is 29.6 Å². The van der Waals surface area contributed by atoms with E-state index in [4.69, 9.17) is 23.4 Å². The Hall–Kier alpha value is -0.240. The molecule has 0 aliphatic heterocycles. The summed E-state index contributed by atoms with van der Waals surface area (Å²) in [6.07, 6.45) is 6.77. The van der Waals surface area contributed by atoms with Crippen molar-refractivity contribution < 1.29 is 0 Å². The molecule has 3 heteroatoms. The number of halogens is 2. The second-order valence-corrected chi connectivity index (χ2v) is 5.78. The lowest BCUT2D eigenvalue weighted by molar-refractivity contribution is 0.283. The predicted octanol–water partition coefficient (Wildman–Crippen LogP) is 4.88. The van der Waals surface area contributed by atoms with E-state index in [0.29, 0.717) is 0 Å². The van der Waals surface area contributed by atoms with Gasteiger partial charge in [-0.1, -0.05) is 49.1 Å². The van der Waals surface area contributed by atoms with Gasteiger partial charge >= 0.3 is 0 Å². The topological polar surface area (TPSA) is 3.24 Å². The van der Waals surface area contributed by atoms with Gasteiger partial charge in [-0.15, -0.1) is 0 Å². The van der Waals surface area contributed by atoms with Gasteiger partial charge in [-0.25, -0.2) is 4.42 Å². The molecule has 0 atom stereocenters. The van der Waals surface area contributed by atoms with Crippen LogP contribution in [0.4, 0.5) is 0 Å². The molecule has 1 aliphatic rings. The summed E-state index contributed by atoms with van der Waals surface area (Å²) in [6, 6.07) is 7.92. The molecule has 0 spiro atoms. The van der Waals surface area contributed by atoms with E-state index in [2.05, 4.69) is 0 Å². The van der Waals surface area contributed by atoms with Crippen LogP contribution in [0, 0.1) is 5.92 Å². The Morgan fingerprint density at radius 2 is 1.82 bits per heavy atom. The van der Waals surface area contributed by atoms with E-state index in [1.807, 2.05) is 28.7 Å².